The molecule has 0 aliphatic carbocycles. The van der Waals surface area contributed by atoms with Crippen molar-refractivity contribution in [3.8, 4) is 5.75 Å². The summed E-state index contributed by atoms with van der Waals surface area (Å²) >= 11 is 0. The average molecular weight is 437 g/mol. The number of fused-ring (bicyclic) bond motifs is 1. The van der Waals surface area contributed by atoms with E-state index in [1.165, 1.54) is 11.0 Å². The monoisotopic (exact) mass is 436 g/mol. The maximum absolute atomic E-state index is 14.3. The van der Waals surface area contributed by atoms with Crippen molar-refractivity contribution in [2.24, 2.45) is 0 Å². The van der Waals surface area contributed by atoms with Crippen molar-refractivity contribution >= 4 is 22.6 Å². The molecule has 32 heavy (non-hydrogen) atoms. The molecule has 0 radical (unpaired) electrons. The summed E-state index contributed by atoms with van der Waals surface area (Å²) in [5, 5.41) is 4.77. The van der Waals surface area contributed by atoms with E-state index in [1.807, 2.05) is 57.2 Å². The standard InChI is InChI=1S/C26H29FN2O3/c1-18(25(31)28-26(2,3)4)29(16-20-11-6-8-14-22(20)27)24(30)17-32-23-15-9-12-19-10-5-7-13-21(19)23/h5-15,18H,16-17H2,1-4H3,(H,28,31)/t18-/m1/s1. The molecule has 1 atom stereocenters. The van der Waals surface area contributed by atoms with Crippen molar-refractivity contribution in [1.82, 2.24) is 10.2 Å². The molecule has 5 nitrogen and oxygen atoms in total. The first-order chi connectivity index (χ1) is 15.2. The lowest BCUT2D eigenvalue weighted by atomic mass is 10.1. The second-order valence-electron chi connectivity index (χ2n) is 8.79. The SMILES string of the molecule is C[C@H](C(=O)NC(C)(C)C)N(Cc1ccccc1F)C(=O)COc1cccc2ccccc12. The number of carbonyl (C=O) groups excluding carboxylic acids is 2. The van der Waals surface area contributed by atoms with Crippen LogP contribution in [-0.4, -0.2) is 34.9 Å². The minimum absolute atomic E-state index is 0.0386. The first-order valence-corrected chi connectivity index (χ1v) is 10.6. The van der Waals surface area contributed by atoms with Crippen LogP contribution in [0.2, 0.25) is 0 Å². The second kappa shape index (κ2) is 9.81. The van der Waals surface area contributed by atoms with Gasteiger partial charge in [0.05, 0.1) is 0 Å². The summed E-state index contributed by atoms with van der Waals surface area (Å²) in [6.45, 7) is 6.93. The molecule has 0 unspecified atom stereocenters. The van der Waals surface area contributed by atoms with E-state index in [4.69, 9.17) is 4.74 Å². The molecule has 1 N–H and O–H groups in total. The third kappa shape index (κ3) is 5.84. The lowest BCUT2D eigenvalue weighted by Crippen LogP contribution is -2.53. The highest BCUT2D eigenvalue weighted by atomic mass is 19.1. The van der Waals surface area contributed by atoms with Crippen LogP contribution in [0.25, 0.3) is 10.8 Å². The fourth-order valence-corrected chi connectivity index (χ4v) is 3.41. The largest absolute Gasteiger partial charge is 0.483 e. The average Bonchev–Trinajstić information content (AvgIpc) is 2.75. The van der Waals surface area contributed by atoms with Crippen molar-refractivity contribution in [2.75, 3.05) is 6.61 Å². The molecule has 0 fully saturated rings. The van der Waals surface area contributed by atoms with Crippen LogP contribution in [0.1, 0.15) is 33.3 Å². The first kappa shape index (κ1) is 23.3. The summed E-state index contributed by atoms with van der Waals surface area (Å²) in [6, 6.07) is 18.8. The highest BCUT2D eigenvalue weighted by Gasteiger charge is 2.29. The van der Waals surface area contributed by atoms with E-state index in [1.54, 1.807) is 31.2 Å². The van der Waals surface area contributed by atoms with Crippen LogP contribution >= 0.6 is 0 Å². The minimum atomic E-state index is -0.808. The van der Waals surface area contributed by atoms with E-state index in [0.717, 1.165) is 10.8 Å². The Morgan fingerprint density at radius 3 is 2.38 bits per heavy atom. The van der Waals surface area contributed by atoms with Crippen molar-refractivity contribution < 1.29 is 18.7 Å². The Balaban J connectivity index is 1.82. The van der Waals surface area contributed by atoms with Crippen LogP contribution in [0.15, 0.2) is 66.7 Å². The summed E-state index contributed by atoms with van der Waals surface area (Å²) in [5.74, 6) is -0.567. The Labute approximate surface area is 188 Å². The van der Waals surface area contributed by atoms with Gasteiger partial charge in [-0.3, -0.25) is 9.59 Å². The second-order valence-corrected chi connectivity index (χ2v) is 8.79. The van der Waals surface area contributed by atoms with Crippen LogP contribution in [0.4, 0.5) is 4.39 Å². The quantitative estimate of drug-likeness (QED) is 0.585. The van der Waals surface area contributed by atoms with E-state index in [0.29, 0.717) is 11.3 Å². The van der Waals surface area contributed by atoms with Crippen molar-refractivity contribution in [3.63, 3.8) is 0 Å². The molecular formula is C26H29FN2O3. The third-order valence-corrected chi connectivity index (χ3v) is 5.06. The highest BCUT2D eigenvalue weighted by Crippen LogP contribution is 2.25. The van der Waals surface area contributed by atoms with Gasteiger partial charge in [-0.15, -0.1) is 0 Å². The molecule has 6 heteroatoms. The molecule has 2 amide bonds. The van der Waals surface area contributed by atoms with Crippen LogP contribution in [0, 0.1) is 5.82 Å². The number of amides is 2. The molecule has 0 saturated carbocycles. The fourth-order valence-electron chi connectivity index (χ4n) is 3.41. The van der Waals surface area contributed by atoms with Gasteiger partial charge in [-0.05, 0) is 45.2 Å². The third-order valence-electron chi connectivity index (χ3n) is 5.06. The van der Waals surface area contributed by atoms with E-state index >= 15 is 0 Å². The highest BCUT2D eigenvalue weighted by molar-refractivity contribution is 5.90. The normalized spacial score (nSPS) is 12.3. The van der Waals surface area contributed by atoms with Gasteiger partial charge in [0.2, 0.25) is 5.91 Å². The Morgan fingerprint density at radius 1 is 1.00 bits per heavy atom. The molecular weight excluding hydrogens is 407 g/mol. The molecule has 3 rings (SSSR count). The molecule has 168 valence electrons. The van der Waals surface area contributed by atoms with Crippen molar-refractivity contribution in [1.29, 1.82) is 0 Å². The van der Waals surface area contributed by atoms with E-state index < -0.39 is 23.3 Å². The lowest BCUT2D eigenvalue weighted by molar-refractivity contribution is -0.142. The maximum Gasteiger partial charge on any atom is 0.261 e. The van der Waals surface area contributed by atoms with Crippen LogP contribution in [-0.2, 0) is 16.1 Å². The molecule has 0 spiro atoms. The Hall–Kier alpha value is -3.41. The zero-order valence-corrected chi connectivity index (χ0v) is 18.9. The molecule has 0 aliphatic heterocycles. The van der Waals surface area contributed by atoms with Gasteiger partial charge in [0, 0.05) is 23.0 Å². The number of halogens is 1. The summed E-state index contributed by atoms with van der Waals surface area (Å²) in [6.07, 6.45) is 0. The topological polar surface area (TPSA) is 58.6 Å². The van der Waals surface area contributed by atoms with Crippen LogP contribution < -0.4 is 10.1 Å². The number of ether oxygens (including phenoxy) is 1. The molecule has 3 aromatic carbocycles. The summed E-state index contributed by atoms with van der Waals surface area (Å²) < 4.78 is 20.1. The van der Waals surface area contributed by atoms with Gasteiger partial charge in [-0.2, -0.15) is 0 Å². The number of hydrogen-bond acceptors (Lipinski definition) is 3. The van der Waals surface area contributed by atoms with Gasteiger partial charge in [-0.1, -0.05) is 54.6 Å². The number of carbonyl (C=O) groups is 2. The molecule has 0 aliphatic rings. The molecule has 0 saturated heterocycles. The Morgan fingerprint density at radius 2 is 1.66 bits per heavy atom. The predicted octanol–water partition coefficient (Wildman–Crippen LogP) is 4.69. The van der Waals surface area contributed by atoms with Gasteiger partial charge in [0.1, 0.15) is 17.6 Å². The fraction of sp³-hybridized carbons (Fsp3) is 0.308. The van der Waals surface area contributed by atoms with Gasteiger partial charge in [0.15, 0.2) is 6.61 Å². The molecule has 0 bridgehead atoms. The maximum atomic E-state index is 14.3. The molecule has 3 aromatic rings. The van der Waals surface area contributed by atoms with Crippen LogP contribution in [0.3, 0.4) is 0 Å². The van der Waals surface area contributed by atoms with Gasteiger partial charge >= 0.3 is 0 Å². The van der Waals surface area contributed by atoms with E-state index in [9.17, 15) is 14.0 Å². The molecule has 0 aromatic heterocycles. The number of rotatable bonds is 7. The summed E-state index contributed by atoms with van der Waals surface area (Å²) in [5.41, 5.74) is -0.126. The first-order valence-electron chi connectivity index (χ1n) is 10.6. The summed E-state index contributed by atoms with van der Waals surface area (Å²) in [7, 11) is 0. The van der Waals surface area contributed by atoms with Crippen molar-refractivity contribution in [2.45, 2.75) is 45.8 Å². The Bertz CT molecular complexity index is 1100. The number of nitrogens with zero attached hydrogens (tertiary/aromatic N) is 1. The zero-order valence-electron chi connectivity index (χ0n) is 18.9. The van der Waals surface area contributed by atoms with E-state index in [-0.39, 0.29) is 19.1 Å². The predicted molar refractivity (Wildman–Crippen MR) is 124 cm³/mol. The molecule has 0 heterocycles. The Kier molecular flexibility index (Phi) is 7.13. The lowest BCUT2D eigenvalue weighted by Gasteiger charge is -2.31. The number of nitrogens with one attached hydrogen (secondary N) is 1. The smallest absolute Gasteiger partial charge is 0.261 e. The number of hydrogen-bond donors (Lipinski definition) is 1. The van der Waals surface area contributed by atoms with Gasteiger partial charge in [-0.25, -0.2) is 4.39 Å². The minimum Gasteiger partial charge on any atom is -0.483 e. The summed E-state index contributed by atoms with van der Waals surface area (Å²) in [4.78, 5) is 27.3. The van der Waals surface area contributed by atoms with Gasteiger partial charge in [0.25, 0.3) is 5.91 Å². The van der Waals surface area contributed by atoms with E-state index in [2.05, 4.69) is 5.32 Å². The number of benzene rings is 3. The zero-order chi connectivity index (χ0) is 23.3. The van der Waals surface area contributed by atoms with Crippen LogP contribution in [0.5, 0.6) is 5.75 Å². The van der Waals surface area contributed by atoms with Gasteiger partial charge < -0.3 is 15.0 Å². The van der Waals surface area contributed by atoms with Crippen molar-refractivity contribution in [3.05, 3.63) is 78.1 Å².